The summed E-state index contributed by atoms with van der Waals surface area (Å²) in [6.07, 6.45) is 5.84. The van der Waals surface area contributed by atoms with Gasteiger partial charge in [-0.25, -0.2) is 0 Å². The number of nitrogens with zero attached hydrogens (tertiary/aromatic N) is 3. The normalized spacial score (nSPS) is 22.9. The molecule has 1 unspecified atom stereocenters. The van der Waals surface area contributed by atoms with E-state index in [2.05, 4.69) is 15.5 Å². The lowest BCUT2D eigenvalue weighted by Gasteiger charge is -2.26. The number of amides is 2. The number of rotatable bonds is 4. The lowest BCUT2D eigenvalue weighted by Crippen LogP contribution is -2.39. The molecule has 2 fully saturated rings. The first-order valence-corrected chi connectivity index (χ1v) is 8.52. The van der Waals surface area contributed by atoms with Gasteiger partial charge < -0.3 is 14.6 Å². The fourth-order valence-electron chi connectivity index (χ4n) is 3.42. The quantitative estimate of drug-likeness (QED) is 0.906. The second-order valence-corrected chi connectivity index (χ2v) is 6.51. The molecule has 1 N–H and O–H groups in total. The van der Waals surface area contributed by atoms with Crippen LogP contribution in [0.1, 0.15) is 63.1 Å². The Morgan fingerprint density at radius 2 is 2.13 bits per heavy atom. The molecule has 1 atom stereocenters. The summed E-state index contributed by atoms with van der Waals surface area (Å²) in [5, 5.41) is 11.0. The number of hydrogen-bond acceptors (Lipinski definition) is 5. The van der Waals surface area contributed by atoms with E-state index in [1.807, 2.05) is 6.92 Å². The van der Waals surface area contributed by atoms with Crippen molar-refractivity contribution in [2.24, 2.45) is 0 Å². The first kappa shape index (κ1) is 16.0. The van der Waals surface area contributed by atoms with Gasteiger partial charge in [0.1, 0.15) is 0 Å². The number of hydrogen-bond donors (Lipinski definition) is 1. The van der Waals surface area contributed by atoms with Crippen LogP contribution in [0.15, 0.2) is 4.42 Å². The van der Waals surface area contributed by atoms with E-state index in [0.29, 0.717) is 44.2 Å². The van der Waals surface area contributed by atoms with E-state index in [4.69, 9.17) is 4.42 Å². The van der Waals surface area contributed by atoms with Gasteiger partial charge >= 0.3 is 0 Å². The third-order valence-corrected chi connectivity index (χ3v) is 4.75. The largest absolute Gasteiger partial charge is 0.425 e. The monoisotopic (exact) mass is 320 g/mol. The molecule has 1 aliphatic carbocycles. The lowest BCUT2D eigenvalue weighted by molar-refractivity contribution is -0.133. The second-order valence-electron chi connectivity index (χ2n) is 6.51. The third-order valence-electron chi connectivity index (χ3n) is 4.75. The highest BCUT2D eigenvalue weighted by molar-refractivity contribution is 5.80. The van der Waals surface area contributed by atoms with E-state index in [0.717, 1.165) is 18.7 Å². The molecule has 1 aromatic heterocycles. The van der Waals surface area contributed by atoms with E-state index < -0.39 is 0 Å². The van der Waals surface area contributed by atoms with Gasteiger partial charge in [-0.1, -0.05) is 12.8 Å². The minimum atomic E-state index is -0.0678. The molecule has 1 saturated heterocycles. The first-order valence-electron chi connectivity index (χ1n) is 8.52. The summed E-state index contributed by atoms with van der Waals surface area (Å²) >= 11 is 0. The molecule has 0 aromatic carbocycles. The van der Waals surface area contributed by atoms with E-state index in [1.54, 1.807) is 4.90 Å². The summed E-state index contributed by atoms with van der Waals surface area (Å²) in [7, 11) is 0. The highest BCUT2D eigenvalue weighted by Gasteiger charge is 2.26. The Bertz CT molecular complexity index is 565. The molecule has 2 aliphatic rings. The molecule has 7 heteroatoms. The smallest absolute Gasteiger partial charge is 0.223 e. The van der Waals surface area contributed by atoms with Crippen LogP contribution in [0.3, 0.4) is 0 Å². The molecular formula is C16H24N4O3. The molecule has 126 valence electrons. The van der Waals surface area contributed by atoms with Crippen LogP contribution in [-0.4, -0.2) is 46.0 Å². The van der Waals surface area contributed by atoms with Crippen LogP contribution in [0.4, 0.5) is 0 Å². The van der Waals surface area contributed by atoms with E-state index in [-0.39, 0.29) is 17.9 Å². The van der Waals surface area contributed by atoms with Crippen molar-refractivity contribution >= 4 is 11.8 Å². The molecule has 2 amide bonds. The van der Waals surface area contributed by atoms with Crippen LogP contribution in [0.5, 0.6) is 0 Å². The van der Waals surface area contributed by atoms with Gasteiger partial charge in [-0.2, -0.15) is 0 Å². The van der Waals surface area contributed by atoms with Crippen molar-refractivity contribution in [2.75, 3.05) is 13.1 Å². The van der Waals surface area contributed by atoms with Crippen LogP contribution >= 0.6 is 0 Å². The Labute approximate surface area is 135 Å². The maximum Gasteiger partial charge on any atom is 0.223 e. The fraction of sp³-hybridized carbons (Fsp3) is 0.750. The van der Waals surface area contributed by atoms with Crippen LogP contribution in [-0.2, 0) is 16.0 Å². The summed E-state index contributed by atoms with van der Waals surface area (Å²) < 4.78 is 5.71. The molecule has 0 spiro atoms. The molecule has 1 aromatic rings. The van der Waals surface area contributed by atoms with Crippen molar-refractivity contribution in [1.82, 2.24) is 20.4 Å². The minimum absolute atomic E-state index is 0.00547. The summed E-state index contributed by atoms with van der Waals surface area (Å²) in [6, 6.07) is -0.0678. The lowest BCUT2D eigenvalue weighted by atomic mass is 10.1. The number of carbonyl (C=O) groups excluding carboxylic acids is 2. The standard InChI is InChI=1S/C16H24N4O3/c1-11-10-13(21)17-8-9-20(11)15(22)7-6-14-18-19-16(23-14)12-4-2-3-5-12/h11-12H,2-10H2,1H3,(H,17,21). The predicted octanol–water partition coefficient (Wildman–Crippen LogP) is 1.40. The Morgan fingerprint density at radius 3 is 2.91 bits per heavy atom. The zero-order valence-corrected chi connectivity index (χ0v) is 13.6. The van der Waals surface area contributed by atoms with Gasteiger partial charge in [0.2, 0.25) is 23.6 Å². The minimum Gasteiger partial charge on any atom is -0.425 e. The van der Waals surface area contributed by atoms with E-state index in [9.17, 15) is 9.59 Å². The van der Waals surface area contributed by atoms with Crippen molar-refractivity contribution in [3.05, 3.63) is 11.8 Å². The van der Waals surface area contributed by atoms with Crippen LogP contribution in [0.25, 0.3) is 0 Å². The molecule has 1 saturated carbocycles. The van der Waals surface area contributed by atoms with Gasteiger partial charge in [0.25, 0.3) is 0 Å². The molecule has 1 aliphatic heterocycles. The first-order chi connectivity index (χ1) is 11.1. The molecule has 2 heterocycles. The third kappa shape index (κ3) is 3.89. The number of nitrogens with one attached hydrogen (secondary N) is 1. The Morgan fingerprint density at radius 1 is 1.35 bits per heavy atom. The van der Waals surface area contributed by atoms with Crippen LogP contribution < -0.4 is 5.32 Å². The van der Waals surface area contributed by atoms with Gasteiger partial charge in [-0.3, -0.25) is 9.59 Å². The SMILES string of the molecule is CC1CC(=O)NCCN1C(=O)CCc1nnc(C2CCCC2)o1. The van der Waals surface area contributed by atoms with Gasteiger partial charge in [0.15, 0.2) is 0 Å². The average Bonchev–Trinajstić information content (AvgIpc) is 3.16. The van der Waals surface area contributed by atoms with Crippen LogP contribution in [0.2, 0.25) is 0 Å². The highest BCUT2D eigenvalue weighted by atomic mass is 16.4. The van der Waals surface area contributed by atoms with Gasteiger partial charge in [-0.15, -0.1) is 10.2 Å². The maximum atomic E-state index is 12.4. The van der Waals surface area contributed by atoms with E-state index in [1.165, 1.54) is 12.8 Å². The fourth-order valence-corrected chi connectivity index (χ4v) is 3.42. The number of aryl methyl sites for hydroxylation is 1. The number of aromatic nitrogens is 2. The Balaban J connectivity index is 1.53. The average molecular weight is 320 g/mol. The maximum absolute atomic E-state index is 12.4. The zero-order valence-electron chi connectivity index (χ0n) is 13.6. The van der Waals surface area contributed by atoms with Gasteiger partial charge in [0, 0.05) is 44.3 Å². The summed E-state index contributed by atoms with van der Waals surface area (Å²) in [6.45, 7) is 2.98. The van der Waals surface area contributed by atoms with E-state index >= 15 is 0 Å². The van der Waals surface area contributed by atoms with Crippen molar-refractivity contribution in [1.29, 1.82) is 0 Å². The molecule has 7 nitrogen and oxygen atoms in total. The predicted molar refractivity (Wildman–Crippen MR) is 82.6 cm³/mol. The van der Waals surface area contributed by atoms with Gasteiger partial charge in [-0.05, 0) is 19.8 Å². The number of carbonyl (C=O) groups is 2. The summed E-state index contributed by atoms with van der Waals surface area (Å²) in [5.41, 5.74) is 0. The highest BCUT2D eigenvalue weighted by Crippen LogP contribution is 2.33. The van der Waals surface area contributed by atoms with Gasteiger partial charge in [0.05, 0.1) is 0 Å². The van der Waals surface area contributed by atoms with Crippen LogP contribution in [0, 0.1) is 0 Å². The second kappa shape index (κ2) is 7.10. The van der Waals surface area contributed by atoms with Crippen molar-refractivity contribution in [3.63, 3.8) is 0 Å². The summed E-state index contributed by atoms with van der Waals surface area (Å²) in [5.74, 6) is 1.70. The van der Waals surface area contributed by atoms with Crippen molar-refractivity contribution in [2.45, 2.75) is 63.8 Å². The zero-order chi connectivity index (χ0) is 16.2. The Kier molecular flexibility index (Phi) is 4.93. The molecule has 0 radical (unpaired) electrons. The molecular weight excluding hydrogens is 296 g/mol. The summed E-state index contributed by atoms with van der Waals surface area (Å²) in [4.78, 5) is 25.7. The molecule has 3 rings (SSSR count). The van der Waals surface area contributed by atoms with Crippen molar-refractivity contribution in [3.8, 4) is 0 Å². The Hall–Kier alpha value is -1.92. The van der Waals surface area contributed by atoms with Crippen molar-refractivity contribution < 1.29 is 14.0 Å². The topological polar surface area (TPSA) is 88.3 Å². The molecule has 23 heavy (non-hydrogen) atoms. The molecule has 0 bridgehead atoms.